The van der Waals surface area contributed by atoms with Crippen LogP contribution < -0.4 is 5.32 Å². The number of aromatic nitrogens is 2. The molecule has 148 valence electrons. The van der Waals surface area contributed by atoms with Crippen LogP contribution >= 0.6 is 23.1 Å². The van der Waals surface area contributed by atoms with Gasteiger partial charge in [0.25, 0.3) is 0 Å². The fraction of sp³-hybridized carbons (Fsp3) is 0.381. The van der Waals surface area contributed by atoms with Crippen molar-refractivity contribution < 1.29 is 9.21 Å². The number of nitrogens with zero attached hydrogens (tertiary/aromatic N) is 2. The molecule has 2 aromatic heterocycles. The standard InChI is InChI=1S/C21H25N3O2S2/c1-5-14-7-6-8-15(9-14)10-17(25)24-20-23-12-19(28-20)27-13-18-22-11-16(26-18)21(2,3)4/h6-9,11-12H,5,10,13H2,1-4H3,(H,23,24,25). The first-order chi connectivity index (χ1) is 13.3. The van der Waals surface area contributed by atoms with Crippen molar-refractivity contribution in [3.63, 3.8) is 0 Å². The highest BCUT2D eigenvalue weighted by atomic mass is 32.2. The van der Waals surface area contributed by atoms with E-state index in [2.05, 4.69) is 55.1 Å². The Morgan fingerprint density at radius 2 is 2.00 bits per heavy atom. The van der Waals surface area contributed by atoms with Gasteiger partial charge in [-0.2, -0.15) is 0 Å². The fourth-order valence-corrected chi connectivity index (χ4v) is 4.29. The lowest BCUT2D eigenvalue weighted by Crippen LogP contribution is -2.14. The Balaban J connectivity index is 1.52. The molecule has 3 rings (SSSR count). The molecule has 1 aromatic carbocycles. The smallest absolute Gasteiger partial charge is 0.230 e. The molecule has 0 atom stereocenters. The van der Waals surface area contributed by atoms with Crippen molar-refractivity contribution >= 4 is 34.1 Å². The summed E-state index contributed by atoms with van der Waals surface area (Å²) in [4.78, 5) is 20.9. The first kappa shape index (κ1) is 20.6. The zero-order chi connectivity index (χ0) is 20.1. The summed E-state index contributed by atoms with van der Waals surface area (Å²) >= 11 is 3.06. The van der Waals surface area contributed by atoms with E-state index in [1.54, 1.807) is 24.2 Å². The summed E-state index contributed by atoms with van der Waals surface area (Å²) < 4.78 is 6.82. The highest BCUT2D eigenvalue weighted by molar-refractivity contribution is 8.00. The van der Waals surface area contributed by atoms with Gasteiger partial charge in [-0.15, -0.1) is 11.8 Å². The number of benzene rings is 1. The molecule has 0 radical (unpaired) electrons. The van der Waals surface area contributed by atoms with E-state index in [0.29, 0.717) is 23.2 Å². The second-order valence-corrected chi connectivity index (χ2v) is 9.85. The lowest BCUT2D eigenvalue weighted by Gasteiger charge is -2.12. The van der Waals surface area contributed by atoms with Gasteiger partial charge in [-0.1, -0.05) is 63.3 Å². The monoisotopic (exact) mass is 415 g/mol. The molecule has 7 heteroatoms. The number of carbonyl (C=O) groups excluding carboxylic acids is 1. The molecule has 0 saturated carbocycles. The molecule has 28 heavy (non-hydrogen) atoms. The van der Waals surface area contributed by atoms with Crippen LogP contribution in [0.4, 0.5) is 5.13 Å². The van der Waals surface area contributed by atoms with E-state index in [0.717, 1.165) is 22.0 Å². The van der Waals surface area contributed by atoms with Crippen LogP contribution in [0.3, 0.4) is 0 Å². The van der Waals surface area contributed by atoms with Gasteiger partial charge in [0.2, 0.25) is 11.8 Å². The van der Waals surface area contributed by atoms with Gasteiger partial charge in [0.05, 0.1) is 28.8 Å². The predicted molar refractivity (Wildman–Crippen MR) is 115 cm³/mol. The molecule has 0 unspecified atom stereocenters. The molecule has 0 fully saturated rings. The maximum atomic E-state index is 12.3. The van der Waals surface area contributed by atoms with E-state index in [4.69, 9.17) is 4.42 Å². The number of thioether (sulfide) groups is 1. The number of hydrogen-bond acceptors (Lipinski definition) is 6. The Bertz CT molecular complexity index is 941. The molecule has 0 spiro atoms. The van der Waals surface area contributed by atoms with Crippen LogP contribution in [0.5, 0.6) is 0 Å². The quantitative estimate of drug-likeness (QED) is 0.519. The Kier molecular flexibility index (Phi) is 6.57. The van der Waals surface area contributed by atoms with Gasteiger partial charge in [0.1, 0.15) is 5.76 Å². The fourth-order valence-electron chi connectivity index (χ4n) is 2.55. The molecule has 0 aliphatic rings. The Morgan fingerprint density at radius 1 is 1.21 bits per heavy atom. The number of amides is 1. The second kappa shape index (κ2) is 8.92. The minimum absolute atomic E-state index is 0.0471. The van der Waals surface area contributed by atoms with Crippen molar-refractivity contribution in [2.75, 3.05) is 5.32 Å². The van der Waals surface area contributed by atoms with Gasteiger partial charge < -0.3 is 9.73 Å². The maximum absolute atomic E-state index is 12.3. The van der Waals surface area contributed by atoms with Crippen LogP contribution in [-0.4, -0.2) is 15.9 Å². The second-order valence-electron chi connectivity index (χ2n) is 7.54. The van der Waals surface area contributed by atoms with Gasteiger partial charge in [-0.05, 0) is 17.5 Å². The molecule has 3 aromatic rings. The van der Waals surface area contributed by atoms with Gasteiger partial charge in [0.15, 0.2) is 5.13 Å². The maximum Gasteiger partial charge on any atom is 0.230 e. The molecule has 2 heterocycles. The first-order valence-electron chi connectivity index (χ1n) is 9.25. The largest absolute Gasteiger partial charge is 0.444 e. The summed E-state index contributed by atoms with van der Waals surface area (Å²) in [7, 11) is 0. The topological polar surface area (TPSA) is 68.0 Å². The summed E-state index contributed by atoms with van der Waals surface area (Å²) in [6.07, 6.45) is 4.88. The normalized spacial score (nSPS) is 11.6. The average molecular weight is 416 g/mol. The summed E-state index contributed by atoms with van der Waals surface area (Å²) in [6, 6.07) is 8.12. The zero-order valence-electron chi connectivity index (χ0n) is 16.6. The molecular formula is C21H25N3O2S2. The summed E-state index contributed by atoms with van der Waals surface area (Å²) in [5, 5.41) is 3.50. The van der Waals surface area contributed by atoms with Gasteiger partial charge >= 0.3 is 0 Å². The van der Waals surface area contributed by atoms with Crippen molar-refractivity contribution in [2.24, 2.45) is 0 Å². The first-order valence-corrected chi connectivity index (χ1v) is 11.0. The van der Waals surface area contributed by atoms with E-state index in [9.17, 15) is 4.79 Å². The Labute approximate surface area is 174 Å². The van der Waals surface area contributed by atoms with Crippen LogP contribution in [0, 0.1) is 0 Å². The zero-order valence-corrected chi connectivity index (χ0v) is 18.2. The van der Waals surface area contributed by atoms with Crippen molar-refractivity contribution in [1.29, 1.82) is 0 Å². The van der Waals surface area contributed by atoms with Crippen LogP contribution in [-0.2, 0) is 28.8 Å². The van der Waals surface area contributed by atoms with E-state index in [1.165, 1.54) is 16.9 Å². The molecule has 1 N–H and O–H groups in total. The van der Waals surface area contributed by atoms with Crippen LogP contribution in [0.2, 0.25) is 0 Å². The molecule has 5 nitrogen and oxygen atoms in total. The Hall–Kier alpha value is -2.12. The van der Waals surface area contributed by atoms with Gasteiger partial charge in [-0.25, -0.2) is 9.97 Å². The lowest BCUT2D eigenvalue weighted by molar-refractivity contribution is -0.115. The SMILES string of the molecule is CCc1cccc(CC(=O)Nc2ncc(SCc3ncc(C(C)(C)C)o3)s2)c1. The summed E-state index contributed by atoms with van der Waals surface area (Å²) in [6.45, 7) is 8.40. The predicted octanol–water partition coefficient (Wildman–Crippen LogP) is 5.46. The number of anilines is 1. The van der Waals surface area contributed by atoms with E-state index >= 15 is 0 Å². The number of carbonyl (C=O) groups is 1. The van der Waals surface area contributed by atoms with Crippen LogP contribution in [0.25, 0.3) is 0 Å². The van der Waals surface area contributed by atoms with Crippen LogP contribution in [0.1, 0.15) is 50.5 Å². The number of rotatable bonds is 7. The van der Waals surface area contributed by atoms with E-state index < -0.39 is 0 Å². The number of thiazole rings is 1. The van der Waals surface area contributed by atoms with E-state index in [1.807, 2.05) is 12.1 Å². The molecular weight excluding hydrogens is 390 g/mol. The van der Waals surface area contributed by atoms with Crippen molar-refractivity contribution in [2.45, 2.75) is 55.9 Å². The molecule has 0 bridgehead atoms. The van der Waals surface area contributed by atoms with Crippen molar-refractivity contribution in [3.8, 4) is 0 Å². The average Bonchev–Trinajstić information content (AvgIpc) is 3.29. The highest BCUT2D eigenvalue weighted by Crippen LogP contribution is 2.31. The lowest BCUT2D eigenvalue weighted by atomic mass is 9.94. The van der Waals surface area contributed by atoms with Crippen LogP contribution in [0.15, 0.2) is 45.3 Å². The minimum Gasteiger partial charge on any atom is -0.444 e. The highest BCUT2D eigenvalue weighted by Gasteiger charge is 2.19. The molecule has 1 amide bonds. The number of aryl methyl sites for hydroxylation is 1. The Morgan fingerprint density at radius 3 is 2.71 bits per heavy atom. The van der Waals surface area contributed by atoms with Crippen molar-refractivity contribution in [3.05, 3.63) is 59.4 Å². The third-order valence-corrected chi connectivity index (χ3v) is 6.22. The summed E-state index contributed by atoms with van der Waals surface area (Å²) in [5.74, 6) is 2.16. The minimum atomic E-state index is -0.0540. The van der Waals surface area contributed by atoms with E-state index in [-0.39, 0.29) is 11.3 Å². The summed E-state index contributed by atoms with van der Waals surface area (Å²) in [5.41, 5.74) is 2.20. The van der Waals surface area contributed by atoms with Gasteiger partial charge in [0, 0.05) is 5.41 Å². The molecule has 0 aliphatic heterocycles. The molecule has 0 aliphatic carbocycles. The van der Waals surface area contributed by atoms with Crippen molar-refractivity contribution in [1.82, 2.24) is 9.97 Å². The number of nitrogens with one attached hydrogen (secondary N) is 1. The molecule has 0 saturated heterocycles. The third-order valence-electron chi connectivity index (χ3n) is 4.13. The number of oxazole rings is 1. The van der Waals surface area contributed by atoms with Gasteiger partial charge in [-0.3, -0.25) is 4.79 Å². The number of hydrogen-bond donors (Lipinski definition) is 1. The third kappa shape index (κ3) is 5.69.